The number of thioether (sulfide) groups is 1. The zero-order chi connectivity index (χ0) is 7.84. The Hall–Kier alpha value is -0.690. The van der Waals surface area contributed by atoms with Crippen LogP contribution in [0.1, 0.15) is 11.1 Å². The summed E-state index contributed by atoms with van der Waals surface area (Å²) in [5.74, 6) is 1.07. The van der Waals surface area contributed by atoms with Crippen LogP contribution < -0.4 is 0 Å². The number of hydrogen-bond donors (Lipinski definition) is 0. The highest BCUT2D eigenvalue weighted by molar-refractivity contribution is 8.00. The topological polar surface area (TPSA) is 0 Å². The number of benzene rings is 1. The molecule has 0 aliphatic carbocycles. The van der Waals surface area contributed by atoms with E-state index in [2.05, 4.69) is 31.7 Å². The van der Waals surface area contributed by atoms with Gasteiger partial charge in [-0.05, 0) is 29.7 Å². The normalized spacial score (nSPS) is 15.2. The molecule has 0 fully saturated rings. The highest BCUT2D eigenvalue weighted by atomic mass is 32.2. The summed E-state index contributed by atoms with van der Waals surface area (Å²) in [6.07, 6.45) is 0. The first-order chi connectivity index (χ1) is 5.29. The lowest BCUT2D eigenvalue weighted by Gasteiger charge is -2.01. The van der Waals surface area contributed by atoms with E-state index < -0.39 is 0 Å². The first-order valence-corrected chi connectivity index (χ1v) is 4.68. The van der Waals surface area contributed by atoms with Gasteiger partial charge in [-0.15, -0.1) is 11.8 Å². The molecule has 0 saturated carbocycles. The Kier molecular flexibility index (Phi) is 1.53. The highest BCUT2D eigenvalue weighted by Crippen LogP contribution is 2.39. The molecule has 1 aliphatic rings. The van der Waals surface area contributed by atoms with Crippen LogP contribution in [0.5, 0.6) is 0 Å². The molecule has 0 radical (unpaired) electrons. The highest BCUT2D eigenvalue weighted by Gasteiger charge is 2.15. The zero-order valence-electron chi connectivity index (χ0n) is 6.55. The van der Waals surface area contributed by atoms with E-state index in [1.165, 1.54) is 21.6 Å². The van der Waals surface area contributed by atoms with Crippen molar-refractivity contribution < 1.29 is 0 Å². The fraction of sp³-hybridized carbons (Fsp3) is 0.200. The van der Waals surface area contributed by atoms with Crippen LogP contribution in [0.25, 0.3) is 5.57 Å². The van der Waals surface area contributed by atoms with Gasteiger partial charge in [-0.2, -0.15) is 0 Å². The van der Waals surface area contributed by atoms with E-state index in [-0.39, 0.29) is 0 Å². The van der Waals surface area contributed by atoms with Crippen LogP contribution in [0.3, 0.4) is 0 Å². The third kappa shape index (κ3) is 1.000. The molecule has 0 N–H and O–H groups in total. The van der Waals surface area contributed by atoms with E-state index >= 15 is 0 Å². The van der Waals surface area contributed by atoms with Gasteiger partial charge in [0, 0.05) is 10.6 Å². The largest absolute Gasteiger partial charge is 0.121 e. The van der Waals surface area contributed by atoms with Crippen molar-refractivity contribution in [2.45, 2.75) is 11.8 Å². The SMILES string of the molecule is C=C1CSc2cccc(C)c21. The van der Waals surface area contributed by atoms with Crippen molar-refractivity contribution in [2.24, 2.45) is 0 Å². The monoisotopic (exact) mass is 162 g/mol. The van der Waals surface area contributed by atoms with Gasteiger partial charge in [0.1, 0.15) is 0 Å². The summed E-state index contributed by atoms with van der Waals surface area (Å²) in [4.78, 5) is 1.40. The second kappa shape index (κ2) is 2.42. The molecule has 1 heteroatoms. The smallest absolute Gasteiger partial charge is 0.0232 e. The van der Waals surface area contributed by atoms with Crippen LogP contribution in [-0.4, -0.2) is 5.75 Å². The van der Waals surface area contributed by atoms with Crippen LogP contribution in [-0.2, 0) is 0 Å². The van der Waals surface area contributed by atoms with Gasteiger partial charge in [0.15, 0.2) is 0 Å². The number of aryl methyl sites for hydroxylation is 1. The quantitative estimate of drug-likeness (QED) is 0.565. The number of rotatable bonds is 0. The molecule has 0 nitrogen and oxygen atoms in total. The first-order valence-electron chi connectivity index (χ1n) is 3.69. The molecular formula is C10H10S. The Morgan fingerprint density at radius 2 is 2.27 bits per heavy atom. The van der Waals surface area contributed by atoms with E-state index in [1.54, 1.807) is 0 Å². The molecule has 0 saturated heterocycles. The van der Waals surface area contributed by atoms with Crippen molar-refractivity contribution in [3.63, 3.8) is 0 Å². The predicted octanol–water partition coefficient (Wildman–Crippen LogP) is 3.11. The van der Waals surface area contributed by atoms with Crippen molar-refractivity contribution in [2.75, 3.05) is 5.75 Å². The second-order valence-corrected chi connectivity index (χ2v) is 3.86. The summed E-state index contributed by atoms with van der Waals surface area (Å²) in [6, 6.07) is 6.43. The third-order valence-electron chi connectivity index (χ3n) is 1.99. The maximum absolute atomic E-state index is 4.04. The molecule has 0 aromatic heterocycles. The van der Waals surface area contributed by atoms with E-state index in [1.807, 2.05) is 11.8 Å². The molecule has 1 aromatic carbocycles. The summed E-state index contributed by atoms with van der Waals surface area (Å²) in [5, 5.41) is 0. The summed E-state index contributed by atoms with van der Waals surface area (Å²) >= 11 is 1.89. The molecule has 0 unspecified atom stereocenters. The maximum Gasteiger partial charge on any atom is 0.0232 e. The minimum atomic E-state index is 1.07. The number of fused-ring (bicyclic) bond motifs is 1. The van der Waals surface area contributed by atoms with Gasteiger partial charge in [-0.1, -0.05) is 18.7 Å². The zero-order valence-corrected chi connectivity index (χ0v) is 7.37. The standard InChI is InChI=1S/C10H10S/c1-7-4-3-5-9-10(7)8(2)6-11-9/h3-5H,2,6H2,1H3. The van der Waals surface area contributed by atoms with Crippen molar-refractivity contribution in [1.82, 2.24) is 0 Å². The summed E-state index contributed by atoms with van der Waals surface area (Å²) < 4.78 is 0. The third-order valence-corrected chi connectivity index (χ3v) is 3.13. The van der Waals surface area contributed by atoms with Crippen molar-refractivity contribution in [3.05, 3.63) is 35.9 Å². The van der Waals surface area contributed by atoms with Gasteiger partial charge in [0.2, 0.25) is 0 Å². The van der Waals surface area contributed by atoms with Gasteiger partial charge < -0.3 is 0 Å². The van der Waals surface area contributed by atoms with Crippen molar-refractivity contribution in [3.8, 4) is 0 Å². The molecule has 0 bridgehead atoms. The van der Waals surface area contributed by atoms with Crippen molar-refractivity contribution >= 4 is 17.3 Å². The van der Waals surface area contributed by atoms with Gasteiger partial charge >= 0.3 is 0 Å². The molecule has 1 aliphatic heterocycles. The van der Waals surface area contributed by atoms with E-state index in [0.717, 1.165) is 5.75 Å². The second-order valence-electron chi connectivity index (χ2n) is 2.84. The molecule has 0 spiro atoms. The molecular weight excluding hydrogens is 152 g/mol. The first kappa shape index (κ1) is 6.99. The lowest BCUT2D eigenvalue weighted by molar-refractivity contribution is 1.33. The number of hydrogen-bond acceptors (Lipinski definition) is 1. The van der Waals surface area contributed by atoms with Crippen LogP contribution >= 0.6 is 11.8 Å². The van der Waals surface area contributed by atoms with Crippen LogP contribution in [0.4, 0.5) is 0 Å². The van der Waals surface area contributed by atoms with Gasteiger partial charge in [-0.25, -0.2) is 0 Å². The molecule has 0 amide bonds. The lowest BCUT2D eigenvalue weighted by atomic mass is 10.0. The molecule has 1 heterocycles. The fourth-order valence-electron chi connectivity index (χ4n) is 1.45. The lowest BCUT2D eigenvalue weighted by Crippen LogP contribution is -1.83. The van der Waals surface area contributed by atoms with Gasteiger partial charge in [0.05, 0.1) is 0 Å². The molecule has 0 atom stereocenters. The summed E-state index contributed by atoms with van der Waals surface area (Å²) in [5.41, 5.74) is 4.03. The predicted molar refractivity (Wildman–Crippen MR) is 50.9 cm³/mol. The Labute approximate surface area is 71.3 Å². The van der Waals surface area contributed by atoms with E-state index in [4.69, 9.17) is 0 Å². The average molecular weight is 162 g/mol. The minimum Gasteiger partial charge on any atom is -0.121 e. The van der Waals surface area contributed by atoms with Crippen molar-refractivity contribution in [1.29, 1.82) is 0 Å². The fourth-order valence-corrected chi connectivity index (χ4v) is 2.55. The Bertz CT molecular complexity index is 313. The maximum atomic E-state index is 4.04. The van der Waals surface area contributed by atoms with Gasteiger partial charge in [-0.3, -0.25) is 0 Å². The Balaban J connectivity index is 2.68. The Morgan fingerprint density at radius 3 is 3.00 bits per heavy atom. The van der Waals surface area contributed by atoms with Gasteiger partial charge in [0.25, 0.3) is 0 Å². The summed E-state index contributed by atoms with van der Waals surface area (Å²) in [6.45, 7) is 6.18. The molecule has 2 rings (SSSR count). The average Bonchev–Trinajstić information content (AvgIpc) is 2.34. The van der Waals surface area contributed by atoms with Crippen LogP contribution in [0.15, 0.2) is 29.7 Å². The van der Waals surface area contributed by atoms with E-state index in [0.29, 0.717) is 0 Å². The minimum absolute atomic E-state index is 1.07. The van der Waals surface area contributed by atoms with Crippen LogP contribution in [0.2, 0.25) is 0 Å². The van der Waals surface area contributed by atoms with E-state index in [9.17, 15) is 0 Å². The molecule has 1 aromatic rings. The Morgan fingerprint density at radius 1 is 1.45 bits per heavy atom. The summed E-state index contributed by atoms with van der Waals surface area (Å²) in [7, 11) is 0. The molecule has 11 heavy (non-hydrogen) atoms. The van der Waals surface area contributed by atoms with Crippen LogP contribution in [0, 0.1) is 6.92 Å². The molecule has 56 valence electrons.